The molecule has 18 heavy (non-hydrogen) atoms. The number of benzene rings is 1. The van der Waals surface area contributed by atoms with E-state index in [9.17, 15) is 0 Å². The molecule has 96 valence electrons. The second-order valence-corrected chi connectivity index (χ2v) is 4.87. The van der Waals surface area contributed by atoms with Gasteiger partial charge in [-0.15, -0.1) is 0 Å². The zero-order valence-electron chi connectivity index (χ0n) is 10.3. The minimum atomic E-state index is 0.508. The van der Waals surface area contributed by atoms with Gasteiger partial charge in [0.1, 0.15) is 5.75 Å². The van der Waals surface area contributed by atoms with E-state index in [2.05, 4.69) is 5.16 Å². The summed E-state index contributed by atoms with van der Waals surface area (Å²) in [6.45, 7) is 2.36. The molecule has 1 aromatic carbocycles. The summed E-state index contributed by atoms with van der Waals surface area (Å²) >= 11 is 0. The molecule has 0 saturated carbocycles. The van der Waals surface area contributed by atoms with Crippen LogP contribution in [0.4, 0.5) is 0 Å². The maximum atomic E-state index is 8.94. The molecule has 4 nitrogen and oxygen atoms in total. The van der Waals surface area contributed by atoms with E-state index in [4.69, 9.17) is 14.7 Å². The van der Waals surface area contributed by atoms with E-state index in [-0.39, 0.29) is 0 Å². The first-order valence-corrected chi connectivity index (χ1v) is 6.42. The predicted molar refractivity (Wildman–Crippen MR) is 67.5 cm³/mol. The van der Waals surface area contributed by atoms with Gasteiger partial charge in [0, 0.05) is 23.7 Å². The Morgan fingerprint density at radius 2 is 2.33 bits per heavy atom. The van der Waals surface area contributed by atoms with Crippen LogP contribution in [0.15, 0.2) is 23.4 Å². The van der Waals surface area contributed by atoms with Gasteiger partial charge < -0.3 is 14.7 Å². The first kappa shape index (κ1) is 11.5. The Morgan fingerprint density at radius 1 is 1.39 bits per heavy atom. The number of fused-ring (bicyclic) bond motifs is 1. The van der Waals surface area contributed by atoms with Crippen molar-refractivity contribution in [3.8, 4) is 5.75 Å². The fraction of sp³-hybridized carbons (Fsp3) is 0.500. The molecule has 0 radical (unpaired) electrons. The van der Waals surface area contributed by atoms with E-state index < -0.39 is 0 Å². The van der Waals surface area contributed by atoms with Gasteiger partial charge in [0.15, 0.2) is 0 Å². The van der Waals surface area contributed by atoms with Gasteiger partial charge >= 0.3 is 0 Å². The van der Waals surface area contributed by atoms with E-state index in [1.54, 1.807) is 0 Å². The molecule has 2 aliphatic rings. The second-order valence-electron chi connectivity index (χ2n) is 4.87. The lowest BCUT2D eigenvalue weighted by molar-refractivity contribution is 0.167. The Hall–Kier alpha value is -1.55. The van der Waals surface area contributed by atoms with Crippen LogP contribution < -0.4 is 4.74 Å². The highest BCUT2D eigenvalue weighted by molar-refractivity contribution is 6.04. The van der Waals surface area contributed by atoms with E-state index in [1.807, 2.05) is 18.2 Å². The normalized spacial score (nSPS) is 24.4. The molecule has 1 saturated heterocycles. The summed E-state index contributed by atoms with van der Waals surface area (Å²) in [5.74, 6) is 1.44. The quantitative estimate of drug-likeness (QED) is 0.658. The van der Waals surface area contributed by atoms with Crippen molar-refractivity contribution >= 4 is 5.71 Å². The Bertz CT molecular complexity index is 464. The SMILES string of the molecule is ON=C1CCc2c(OCC3CCOC3)cccc21. The molecule has 1 unspecified atom stereocenters. The Morgan fingerprint density at radius 3 is 3.11 bits per heavy atom. The van der Waals surface area contributed by atoms with Crippen LogP contribution in [0, 0.1) is 5.92 Å². The number of rotatable bonds is 3. The van der Waals surface area contributed by atoms with Gasteiger partial charge in [0.2, 0.25) is 0 Å². The number of hydrogen-bond donors (Lipinski definition) is 1. The summed E-state index contributed by atoms with van der Waals surface area (Å²) in [6, 6.07) is 5.94. The van der Waals surface area contributed by atoms with Crippen LogP contribution in [0.3, 0.4) is 0 Å². The largest absolute Gasteiger partial charge is 0.493 e. The van der Waals surface area contributed by atoms with E-state index in [0.29, 0.717) is 12.5 Å². The van der Waals surface area contributed by atoms with E-state index >= 15 is 0 Å². The van der Waals surface area contributed by atoms with Gasteiger partial charge in [-0.05, 0) is 25.3 Å². The van der Waals surface area contributed by atoms with Crippen molar-refractivity contribution in [3.05, 3.63) is 29.3 Å². The van der Waals surface area contributed by atoms with Crippen LogP contribution in [0.25, 0.3) is 0 Å². The fourth-order valence-corrected chi connectivity index (χ4v) is 2.63. The molecule has 0 spiro atoms. The van der Waals surface area contributed by atoms with Crippen LogP contribution in [0.2, 0.25) is 0 Å². The number of ether oxygens (including phenoxy) is 2. The van der Waals surface area contributed by atoms with Gasteiger partial charge in [-0.1, -0.05) is 17.3 Å². The molecule has 1 heterocycles. The van der Waals surface area contributed by atoms with Crippen LogP contribution >= 0.6 is 0 Å². The maximum Gasteiger partial charge on any atom is 0.123 e. The minimum Gasteiger partial charge on any atom is -0.493 e. The van der Waals surface area contributed by atoms with Crippen molar-refractivity contribution in [2.45, 2.75) is 19.3 Å². The number of hydrogen-bond acceptors (Lipinski definition) is 4. The smallest absolute Gasteiger partial charge is 0.123 e. The fourth-order valence-electron chi connectivity index (χ4n) is 2.63. The molecular weight excluding hydrogens is 230 g/mol. The van der Waals surface area contributed by atoms with Crippen LogP contribution in [-0.2, 0) is 11.2 Å². The zero-order valence-corrected chi connectivity index (χ0v) is 10.3. The van der Waals surface area contributed by atoms with Gasteiger partial charge in [-0.25, -0.2) is 0 Å². The first-order valence-electron chi connectivity index (χ1n) is 6.42. The lowest BCUT2D eigenvalue weighted by atomic mass is 10.1. The molecule has 0 amide bonds. The molecule has 4 heteroatoms. The van der Waals surface area contributed by atoms with Crippen molar-refractivity contribution in [2.75, 3.05) is 19.8 Å². The first-order chi connectivity index (χ1) is 8.88. The monoisotopic (exact) mass is 247 g/mol. The lowest BCUT2D eigenvalue weighted by Gasteiger charge is -2.13. The van der Waals surface area contributed by atoms with Crippen LogP contribution in [0.5, 0.6) is 5.75 Å². The Kier molecular flexibility index (Phi) is 3.19. The van der Waals surface area contributed by atoms with Gasteiger partial charge in [0.05, 0.1) is 18.9 Å². The third-order valence-electron chi connectivity index (χ3n) is 3.67. The molecule has 1 aliphatic heterocycles. The average molecular weight is 247 g/mol. The molecule has 1 aromatic rings. The summed E-state index contributed by atoms with van der Waals surface area (Å²) in [5, 5.41) is 12.3. The standard InChI is InChI=1S/C14H17NO3/c16-15-13-5-4-12-11(13)2-1-3-14(12)18-9-10-6-7-17-8-10/h1-3,10,16H,4-9H2. The predicted octanol–water partition coefficient (Wildman–Crippen LogP) is 2.23. The Balaban J connectivity index is 1.75. The second kappa shape index (κ2) is 4.98. The number of nitrogens with zero attached hydrogens (tertiary/aromatic N) is 1. The van der Waals surface area contributed by atoms with Crippen LogP contribution in [0.1, 0.15) is 24.0 Å². The lowest BCUT2D eigenvalue weighted by Crippen LogP contribution is -2.12. The van der Waals surface area contributed by atoms with Crippen molar-refractivity contribution in [1.29, 1.82) is 0 Å². The molecule has 3 rings (SSSR count). The van der Waals surface area contributed by atoms with Crippen molar-refractivity contribution in [1.82, 2.24) is 0 Å². The van der Waals surface area contributed by atoms with Crippen molar-refractivity contribution in [2.24, 2.45) is 11.1 Å². The zero-order chi connectivity index (χ0) is 12.4. The summed E-state index contributed by atoms with van der Waals surface area (Å²) in [5.41, 5.74) is 2.96. The van der Waals surface area contributed by atoms with Gasteiger partial charge in [0.25, 0.3) is 0 Å². The maximum absolute atomic E-state index is 8.94. The molecule has 1 fully saturated rings. The molecule has 1 aliphatic carbocycles. The van der Waals surface area contributed by atoms with E-state index in [0.717, 1.165) is 49.5 Å². The summed E-state index contributed by atoms with van der Waals surface area (Å²) < 4.78 is 11.2. The van der Waals surface area contributed by atoms with E-state index in [1.165, 1.54) is 5.56 Å². The van der Waals surface area contributed by atoms with Crippen molar-refractivity contribution < 1.29 is 14.7 Å². The summed E-state index contributed by atoms with van der Waals surface area (Å²) in [7, 11) is 0. The molecule has 0 bridgehead atoms. The topological polar surface area (TPSA) is 51.1 Å². The molecule has 0 aromatic heterocycles. The van der Waals surface area contributed by atoms with Gasteiger partial charge in [-0.2, -0.15) is 0 Å². The third kappa shape index (κ3) is 2.08. The van der Waals surface area contributed by atoms with Gasteiger partial charge in [-0.3, -0.25) is 0 Å². The summed E-state index contributed by atoms with van der Waals surface area (Å²) in [4.78, 5) is 0. The van der Waals surface area contributed by atoms with Crippen LogP contribution in [-0.4, -0.2) is 30.7 Å². The minimum absolute atomic E-state index is 0.508. The Labute approximate surface area is 106 Å². The summed E-state index contributed by atoms with van der Waals surface area (Å²) in [6.07, 6.45) is 2.77. The highest BCUT2D eigenvalue weighted by Gasteiger charge is 2.23. The third-order valence-corrected chi connectivity index (χ3v) is 3.67. The average Bonchev–Trinajstić information content (AvgIpc) is 3.05. The number of oxime groups is 1. The highest BCUT2D eigenvalue weighted by atomic mass is 16.5. The van der Waals surface area contributed by atoms with Crippen molar-refractivity contribution in [3.63, 3.8) is 0 Å². The molecule has 1 N–H and O–H groups in total. The molecular formula is C14H17NO3. The highest BCUT2D eigenvalue weighted by Crippen LogP contribution is 2.31. The molecule has 1 atom stereocenters.